The third kappa shape index (κ3) is 2.33. The van der Waals surface area contributed by atoms with Gasteiger partial charge in [0.15, 0.2) is 0 Å². The zero-order valence-corrected chi connectivity index (χ0v) is 12.6. The van der Waals surface area contributed by atoms with Crippen molar-refractivity contribution in [2.45, 2.75) is 4.90 Å². The molecule has 0 aliphatic carbocycles. The van der Waals surface area contributed by atoms with Gasteiger partial charge in [-0.1, -0.05) is 6.07 Å². The van der Waals surface area contributed by atoms with Crippen LogP contribution in [0.15, 0.2) is 23.1 Å². The van der Waals surface area contributed by atoms with Crippen molar-refractivity contribution in [2.24, 2.45) is 11.8 Å². The fourth-order valence-corrected chi connectivity index (χ4v) is 4.04. The van der Waals surface area contributed by atoms with Crippen molar-refractivity contribution in [3.63, 3.8) is 0 Å². The van der Waals surface area contributed by atoms with E-state index in [4.69, 9.17) is 0 Å². The summed E-state index contributed by atoms with van der Waals surface area (Å²) in [4.78, 5) is 17.5. The third-order valence-corrected chi connectivity index (χ3v) is 5.15. The van der Waals surface area contributed by atoms with Crippen molar-refractivity contribution in [3.05, 3.63) is 29.6 Å². The second-order valence-corrected chi connectivity index (χ2v) is 6.62. The first-order valence-corrected chi connectivity index (χ1v) is 8.13. The average Bonchev–Trinajstić information content (AvgIpc) is 2.94. The molecule has 0 bridgehead atoms. The number of fused-ring (bicyclic) bond motifs is 1. The standard InChI is InChI=1S/C15H19FN2OS/c1-17-6-10-8-18(9-11(10)7-17)15(19)14-12(16)4-3-5-13(14)20-2/h3-5,10-11H,6-9H2,1-2H3/t10-,11+. The fourth-order valence-electron chi connectivity index (χ4n) is 3.43. The number of hydrogen-bond donors (Lipinski definition) is 0. The summed E-state index contributed by atoms with van der Waals surface area (Å²) >= 11 is 1.42. The zero-order chi connectivity index (χ0) is 14.3. The molecule has 1 aromatic carbocycles. The molecule has 3 rings (SSSR count). The maximum Gasteiger partial charge on any atom is 0.257 e. The van der Waals surface area contributed by atoms with Gasteiger partial charge in [0, 0.05) is 31.1 Å². The summed E-state index contributed by atoms with van der Waals surface area (Å²) in [7, 11) is 2.12. The van der Waals surface area contributed by atoms with Gasteiger partial charge in [-0.05, 0) is 37.3 Å². The van der Waals surface area contributed by atoms with Gasteiger partial charge in [-0.15, -0.1) is 11.8 Å². The van der Waals surface area contributed by atoms with Gasteiger partial charge in [-0.25, -0.2) is 4.39 Å². The molecular weight excluding hydrogens is 275 g/mol. The maximum atomic E-state index is 14.0. The summed E-state index contributed by atoms with van der Waals surface area (Å²) in [5.41, 5.74) is 0.244. The second-order valence-electron chi connectivity index (χ2n) is 5.77. The van der Waals surface area contributed by atoms with Crippen molar-refractivity contribution in [2.75, 3.05) is 39.5 Å². The number of rotatable bonds is 2. The molecular formula is C15H19FN2OS. The lowest BCUT2D eigenvalue weighted by Gasteiger charge is -2.20. The highest BCUT2D eigenvalue weighted by Crippen LogP contribution is 2.32. The Morgan fingerprint density at radius 1 is 1.25 bits per heavy atom. The molecule has 0 spiro atoms. The lowest BCUT2D eigenvalue weighted by atomic mass is 10.0. The van der Waals surface area contributed by atoms with Gasteiger partial charge in [0.05, 0.1) is 5.56 Å². The minimum absolute atomic E-state index is 0.149. The summed E-state index contributed by atoms with van der Waals surface area (Å²) in [6, 6.07) is 4.84. The molecule has 2 aliphatic heterocycles. The molecule has 20 heavy (non-hydrogen) atoms. The van der Waals surface area contributed by atoms with Gasteiger partial charge in [-0.3, -0.25) is 4.79 Å². The Balaban J connectivity index is 1.81. The third-order valence-electron chi connectivity index (χ3n) is 4.37. The van der Waals surface area contributed by atoms with E-state index in [-0.39, 0.29) is 11.5 Å². The smallest absolute Gasteiger partial charge is 0.257 e. The largest absolute Gasteiger partial charge is 0.338 e. The van der Waals surface area contributed by atoms with Crippen LogP contribution in [0.3, 0.4) is 0 Å². The predicted molar refractivity (Wildman–Crippen MR) is 78.6 cm³/mol. The van der Waals surface area contributed by atoms with Crippen molar-refractivity contribution in [1.82, 2.24) is 9.80 Å². The number of likely N-dealkylation sites (tertiary alicyclic amines) is 2. The second kappa shape index (κ2) is 5.37. The Labute approximate surface area is 123 Å². The minimum atomic E-state index is -0.406. The fraction of sp³-hybridized carbons (Fsp3) is 0.533. The van der Waals surface area contributed by atoms with E-state index in [0.717, 1.165) is 31.1 Å². The molecule has 2 heterocycles. The van der Waals surface area contributed by atoms with Crippen LogP contribution < -0.4 is 0 Å². The van der Waals surface area contributed by atoms with Crippen molar-refractivity contribution in [3.8, 4) is 0 Å². The quantitative estimate of drug-likeness (QED) is 0.781. The van der Waals surface area contributed by atoms with Crippen molar-refractivity contribution >= 4 is 17.7 Å². The molecule has 2 fully saturated rings. The van der Waals surface area contributed by atoms with Gasteiger partial charge in [-0.2, -0.15) is 0 Å². The van der Waals surface area contributed by atoms with Crippen LogP contribution >= 0.6 is 11.8 Å². The molecule has 0 radical (unpaired) electrons. The summed E-state index contributed by atoms with van der Waals surface area (Å²) in [5.74, 6) is 0.544. The Morgan fingerprint density at radius 2 is 1.90 bits per heavy atom. The van der Waals surface area contributed by atoms with Crippen molar-refractivity contribution < 1.29 is 9.18 Å². The van der Waals surface area contributed by atoms with Gasteiger partial charge in [0.2, 0.25) is 0 Å². The number of carbonyl (C=O) groups is 1. The first-order chi connectivity index (χ1) is 9.60. The molecule has 5 heteroatoms. The maximum absolute atomic E-state index is 14.0. The zero-order valence-electron chi connectivity index (χ0n) is 11.8. The van der Waals surface area contributed by atoms with E-state index in [9.17, 15) is 9.18 Å². The van der Waals surface area contributed by atoms with Crippen LogP contribution in [-0.2, 0) is 0 Å². The van der Waals surface area contributed by atoms with Crippen LogP contribution in [0.4, 0.5) is 4.39 Å². The highest BCUT2D eigenvalue weighted by atomic mass is 32.2. The highest BCUT2D eigenvalue weighted by Gasteiger charge is 2.41. The number of thioether (sulfide) groups is 1. The van der Waals surface area contributed by atoms with E-state index < -0.39 is 5.82 Å². The molecule has 2 atom stereocenters. The van der Waals surface area contributed by atoms with Crippen LogP contribution in [0, 0.1) is 17.7 Å². The van der Waals surface area contributed by atoms with Crippen LogP contribution in [-0.4, -0.2) is 55.2 Å². The molecule has 3 nitrogen and oxygen atoms in total. The van der Waals surface area contributed by atoms with E-state index in [1.165, 1.54) is 17.8 Å². The van der Waals surface area contributed by atoms with Gasteiger partial charge >= 0.3 is 0 Å². The Kier molecular flexibility index (Phi) is 3.73. The number of hydrogen-bond acceptors (Lipinski definition) is 3. The first kappa shape index (κ1) is 13.9. The number of halogens is 1. The van der Waals surface area contributed by atoms with Crippen LogP contribution in [0.1, 0.15) is 10.4 Å². The summed E-state index contributed by atoms with van der Waals surface area (Å²) in [6.07, 6.45) is 1.87. The number of benzene rings is 1. The van der Waals surface area contributed by atoms with E-state index in [1.807, 2.05) is 17.2 Å². The van der Waals surface area contributed by atoms with Gasteiger partial charge in [0.1, 0.15) is 5.82 Å². The molecule has 2 saturated heterocycles. The van der Waals surface area contributed by atoms with Gasteiger partial charge in [0.25, 0.3) is 5.91 Å². The lowest BCUT2D eigenvalue weighted by Crippen LogP contribution is -2.33. The Hall–Kier alpha value is -1.07. The Bertz CT molecular complexity index is 523. The monoisotopic (exact) mass is 294 g/mol. The first-order valence-electron chi connectivity index (χ1n) is 6.90. The molecule has 0 unspecified atom stereocenters. The minimum Gasteiger partial charge on any atom is -0.338 e. The van der Waals surface area contributed by atoms with Gasteiger partial charge < -0.3 is 9.80 Å². The number of amides is 1. The van der Waals surface area contributed by atoms with E-state index in [0.29, 0.717) is 11.8 Å². The topological polar surface area (TPSA) is 23.6 Å². The number of nitrogens with zero attached hydrogens (tertiary/aromatic N) is 2. The van der Waals surface area contributed by atoms with E-state index >= 15 is 0 Å². The summed E-state index contributed by atoms with van der Waals surface area (Å²) < 4.78 is 14.0. The molecule has 2 aliphatic rings. The predicted octanol–water partition coefficient (Wildman–Crippen LogP) is 2.18. The van der Waals surface area contributed by atoms with Crippen LogP contribution in [0.25, 0.3) is 0 Å². The lowest BCUT2D eigenvalue weighted by molar-refractivity contribution is 0.0767. The SMILES string of the molecule is CSc1cccc(F)c1C(=O)N1C[C@H]2CN(C)C[C@H]2C1. The Morgan fingerprint density at radius 3 is 2.50 bits per heavy atom. The van der Waals surface area contributed by atoms with E-state index in [2.05, 4.69) is 11.9 Å². The summed E-state index contributed by atoms with van der Waals surface area (Å²) in [6.45, 7) is 3.61. The highest BCUT2D eigenvalue weighted by molar-refractivity contribution is 7.98. The van der Waals surface area contributed by atoms with Crippen molar-refractivity contribution in [1.29, 1.82) is 0 Å². The molecule has 0 N–H and O–H groups in total. The summed E-state index contributed by atoms with van der Waals surface area (Å²) in [5, 5.41) is 0. The van der Waals surface area contributed by atoms with E-state index in [1.54, 1.807) is 6.07 Å². The number of carbonyl (C=O) groups excluding carboxylic acids is 1. The molecule has 1 amide bonds. The molecule has 1 aromatic rings. The molecule has 108 valence electrons. The molecule has 0 saturated carbocycles. The van der Waals surface area contributed by atoms with Crippen LogP contribution in [0.2, 0.25) is 0 Å². The van der Waals surface area contributed by atoms with Crippen LogP contribution in [0.5, 0.6) is 0 Å². The molecule has 0 aromatic heterocycles. The average molecular weight is 294 g/mol. The normalized spacial score (nSPS) is 26.1.